The summed E-state index contributed by atoms with van der Waals surface area (Å²) in [7, 11) is 3.35. The van der Waals surface area contributed by atoms with Gasteiger partial charge in [0.05, 0.1) is 33.0 Å². The number of benzene rings is 3. The quantitative estimate of drug-likeness (QED) is 0.345. The van der Waals surface area contributed by atoms with Crippen molar-refractivity contribution in [1.82, 2.24) is 9.88 Å². The molecular formula is C30H32N2O3. The molecule has 0 amide bonds. The Labute approximate surface area is 207 Å². The highest BCUT2D eigenvalue weighted by molar-refractivity contribution is 6.02. The number of hydrogen-bond acceptors (Lipinski definition) is 5. The average Bonchev–Trinajstić information content (AvgIpc) is 2.89. The third-order valence-electron chi connectivity index (χ3n) is 6.92. The maximum absolute atomic E-state index is 5.77. The molecule has 1 saturated heterocycles. The first-order valence-electron chi connectivity index (χ1n) is 12.1. The molecule has 5 nitrogen and oxygen atoms in total. The molecule has 1 aliphatic heterocycles. The predicted molar refractivity (Wildman–Crippen MR) is 141 cm³/mol. The van der Waals surface area contributed by atoms with E-state index in [4.69, 9.17) is 19.2 Å². The average molecular weight is 469 g/mol. The van der Waals surface area contributed by atoms with Crippen LogP contribution < -0.4 is 9.47 Å². The summed E-state index contributed by atoms with van der Waals surface area (Å²) < 4.78 is 16.8. The van der Waals surface area contributed by atoms with Crippen molar-refractivity contribution in [3.05, 3.63) is 77.5 Å². The molecule has 4 aromatic rings. The number of methoxy groups -OCH3 is 2. The van der Waals surface area contributed by atoms with E-state index in [2.05, 4.69) is 61.2 Å². The van der Waals surface area contributed by atoms with Gasteiger partial charge < -0.3 is 14.2 Å². The zero-order valence-electron chi connectivity index (χ0n) is 20.9. The van der Waals surface area contributed by atoms with Gasteiger partial charge >= 0.3 is 0 Å². The van der Waals surface area contributed by atoms with Gasteiger partial charge in [-0.15, -0.1) is 0 Å². The van der Waals surface area contributed by atoms with Crippen LogP contribution >= 0.6 is 0 Å². The van der Waals surface area contributed by atoms with Gasteiger partial charge in [-0.2, -0.15) is 0 Å². The van der Waals surface area contributed by atoms with Gasteiger partial charge in [-0.1, -0.05) is 36.4 Å². The minimum absolute atomic E-state index is 0.718. The lowest BCUT2D eigenvalue weighted by molar-refractivity contribution is 0.0342. The summed E-state index contributed by atoms with van der Waals surface area (Å²) >= 11 is 0. The fourth-order valence-corrected chi connectivity index (χ4v) is 5.24. The lowest BCUT2D eigenvalue weighted by Crippen LogP contribution is -2.35. The molecule has 35 heavy (non-hydrogen) atoms. The van der Waals surface area contributed by atoms with E-state index in [-0.39, 0.29) is 0 Å². The first-order valence-corrected chi connectivity index (χ1v) is 12.1. The number of pyridine rings is 1. The first-order chi connectivity index (χ1) is 17.1. The second-order valence-electron chi connectivity index (χ2n) is 9.07. The third kappa shape index (κ3) is 4.49. The van der Waals surface area contributed by atoms with Crippen LogP contribution in [0.25, 0.3) is 33.2 Å². The Morgan fingerprint density at radius 1 is 0.914 bits per heavy atom. The van der Waals surface area contributed by atoms with E-state index in [9.17, 15) is 0 Å². The van der Waals surface area contributed by atoms with E-state index in [1.54, 1.807) is 14.2 Å². The smallest absolute Gasteiger partial charge is 0.168 e. The summed E-state index contributed by atoms with van der Waals surface area (Å²) in [6.07, 6.45) is 1.87. The molecule has 0 aliphatic carbocycles. The number of fused-ring (bicyclic) bond motifs is 1. The van der Waals surface area contributed by atoms with Crippen molar-refractivity contribution in [1.29, 1.82) is 0 Å². The van der Waals surface area contributed by atoms with Crippen LogP contribution in [0, 0.1) is 13.8 Å². The summed E-state index contributed by atoms with van der Waals surface area (Å²) in [5.74, 6) is 1.45. The summed E-state index contributed by atoms with van der Waals surface area (Å²) in [6, 6.07) is 19.3. The second kappa shape index (κ2) is 10.1. The maximum atomic E-state index is 5.77. The Kier molecular flexibility index (Phi) is 6.71. The lowest BCUT2D eigenvalue weighted by atomic mass is 9.88. The Morgan fingerprint density at radius 2 is 1.69 bits per heavy atom. The molecule has 3 aromatic carbocycles. The molecular weight excluding hydrogens is 436 g/mol. The largest absolute Gasteiger partial charge is 0.493 e. The highest BCUT2D eigenvalue weighted by Gasteiger charge is 2.18. The van der Waals surface area contributed by atoms with E-state index in [1.807, 2.05) is 18.3 Å². The standard InChI is InChI=1S/C30H32N2O3/c1-20-18-26-29(24(12-13-31-26)25-6-5-7-27(33-3)30(25)34-4)21(2)28(20)23-10-8-22(9-11-23)19-32-14-16-35-17-15-32/h5-13,18H,14-17,19H2,1-4H3. The molecule has 180 valence electrons. The Hall–Kier alpha value is -3.41. The van der Waals surface area contributed by atoms with Crippen molar-refractivity contribution < 1.29 is 14.2 Å². The summed E-state index contributed by atoms with van der Waals surface area (Å²) in [6.45, 7) is 8.96. The summed E-state index contributed by atoms with van der Waals surface area (Å²) in [5, 5.41) is 1.14. The van der Waals surface area contributed by atoms with Crippen LogP contribution in [0.1, 0.15) is 16.7 Å². The van der Waals surface area contributed by atoms with Crippen LogP contribution in [-0.4, -0.2) is 50.4 Å². The number of nitrogens with zero attached hydrogens (tertiary/aromatic N) is 2. The minimum atomic E-state index is 0.718. The van der Waals surface area contributed by atoms with Crippen molar-refractivity contribution in [2.45, 2.75) is 20.4 Å². The Bertz CT molecular complexity index is 1340. The third-order valence-corrected chi connectivity index (χ3v) is 6.92. The van der Waals surface area contributed by atoms with Crippen LogP contribution in [0.4, 0.5) is 0 Å². The highest BCUT2D eigenvalue weighted by Crippen LogP contribution is 2.43. The van der Waals surface area contributed by atoms with Crippen LogP contribution in [0.2, 0.25) is 0 Å². The minimum Gasteiger partial charge on any atom is -0.493 e. The molecule has 1 aliphatic rings. The van der Waals surface area contributed by atoms with Gasteiger partial charge in [0.1, 0.15) is 0 Å². The van der Waals surface area contributed by atoms with Crippen molar-refractivity contribution >= 4 is 10.9 Å². The van der Waals surface area contributed by atoms with E-state index < -0.39 is 0 Å². The summed E-state index contributed by atoms with van der Waals surface area (Å²) in [5.41, 5.74) is 9.32. The number of rotatable bonds is 6. The molecule has 5 rings (SSSR count). The van der Waals surface area contributed by atoms with Crippen molar-refractivity contribution in [2.75, 3.05) is 40.5 Å². The SMILES string of the molecule is COc1cccc(-c2ccnc3cc(C)c(-c4ccc(CN5CCOCC5)cc4)c(C)c23)c1OC. The zero-order valence-corrected chi connectivity index (χ0v) is 20.9. The molecule has 0 saturated carbocycles. The Balaban J connectivity index is 1.59. The molecule has 1 fully saturated rings. The molecule has 0 bridgehead atoms. The lowest BCUT2D eigenvalue weighted by Gasteiger charge is -2.26. The first kappa shape index (κ1) is 23.3. The molecule has 0 unspecified atom stereocenters. The maximum Gasteiger partial charge on any atom is 0.168 e. The number of hydrogen-bond donors (Lipinski definition) is 0. The van der Waals surface area contributed by atoms with Gasteiger partial charge in [0, 0.05) is 36.8 Å². The van der Waals surface area contributed by atoms with Gasteiger partial charge in [-0.05, 0) is 65.4 Å². The Morgan fingerprint density at radius 3 is 2.40 bits per heavy atom. The summed E-state index contributed by atoms with van der Waals surface area (Å²) in [4.78, 5) is 7.16. The van der Waals surface area contributed by atoms with E-state index in [1.165, 1.54) is 27.8 Å². The monoisotopic (exact) mass is 468 g/mol. The molecule has 5 heteroatoms. The van der Waals surface area contributed by atoms with Gasteiger partial charge in [0.2, 0.25) is 0 Å². The number of aromatic nitrogens is 1. The highest BCUT2D eigenvalue weighted by atomic mass is 16.5. The van der Waals surface area contributed by atoms with E-state index >= 15 is 0 Å². The van der Waals surface area contributed by atoms with Crippen LogP contribution in [0.15, 0.2) is 60.8 Å². The van der Waals surface area contributed by atoms with Gasteiger partial charge in [-0.25, -0.2) is 0 Å². The van der Waals surface area contributed by atoms with Crippen LogP contribution in [-0.2, 0) is 11.3 Å². The fourth-order valence-electron chi connectivity index (χ4n) is 5.24. The topological polar surface area (TPSA) is 43.8 Å². The zero-order chi connectivity index (χ0) is 24.4. The predicted octanol–water partition coefficient (Wildman–Crippen LogP) is 6.04. The van der Waals surface area contributed by atoms with Gasteiger partial charge in [0.15, 0.2) is 11.5 Å². The van der Waals surface area contributed by atoms with Crippen LogP contribution in [0.3, 0.4) is 0 Å². The number of para-hydroxylation sites is 1. The molecule has 0 radical (unpaired) electrons. The van der Waals surface area contributed by atoms with Gasteiger partial charge in [-0.3, -0.25) is 9.88 Å². The second-order valence-corrected chi connectivity index (χ2v) is 9.07. The van der Waals surface area contributed by atoms with E-state index in [0.717, 1.165) is 66.4 Å². The molecule has 0 N–H and O–H groups in total. The molecule has 1 aromatic heterocycles. The van der Waals surface area contributed by atoms with Crippen LogP contribution in [0.5, 0.6) is 11.5 Å². The number of ether oxygens (including phenoxy) is 3. The number of aryl methyl sites for hydroxylation is 2. The molecule has 0 spiro atoms. The van der Waals surface area contributed by atoms with Crippen molar-refractivity contribution in [3.8, 4) is 33.8 Å². The molecule has 2 heterocycles. The van der Waals surface area contributed by atoms with E-state index in [0.29, 0.717) is 0 Å². The van der Waals surface area contributed by atoms with Gasteiger partial charge in [0.25, 0.3) is 0 Å². The fraction of sp³-hybridized carbons (Fsp3) is 0.300. The normalized spacial score (nSPS) is 14.3. The van der Waals surface area contributed by atoms with Crippen molar-refractivity contribution in [3.63, 3.8) is 0 Å². The molecule has 0 atom stereocenters. The number of morpholine rings is 1. The van der Waals surface area contributed by atoms with Crippen molar-refractivity contribution in [2.24, 2.45) is 0 Å².